The van der Waals surface area contributed by atoms with Crippen LogP contribution in [0.5, 0.6) is 5.75 Å². The third-order valence-corrected chi connectivity index (χ3v) is 4.37. The molecule has 2 rings (SSSR count). The average molecular weight is 942 g/mol. The summed E-state index contributed by atoms with van der Waals surface area (Å²) < 4.78 is 5.36. The number of rotatable bonds is 10. The summed E-state index contributed by atoms with van der Waals surface area (Å²) in [5, 5.41) is 20.3. The second-order valence-electron chi connectivity index (χ2n) is 6.60. The van der Waals surface area contributed by atoms with Gasteiger partial charge in [-0.25, -0.2) is 9.97 Å². The normalized spacial score (nSPS) is 11.3. The van der Waals surface area contributed by atoms with Crippen molar-refractivity contribution < 1.29 is 108 Å². The molecular formula is C19H27Ac2Cl2N7O4. The summed E-state index contributed by atoms with van der Waals surface area (Å²) in [4.78, 5) is 23.8. The Labute approximate surface area is 280 Å². The number of aliphatic hydroxyl groups is 2. The van der Waals surface area contributed by atoms with Crippen molar-refractivity contribution in [2.24, 2.45) is 10.7 Å². The molecule has 2 radical (unpaired) electrons. The first-order chi connectivity index (χ1) is 14.8. The number of carbonyl (C=O) groups excluding carboxylic acids is 1. The first-order valence-corrected chi connectivity index (χ1v) is 9.88. The van der Waals surface area contributed by atoms with Crippen LogP contribution in [0.2, 0.25) is 5.15 Å². The Morgan fingerprint density at radius 2 is 1.79 bits per heavy atom. The van der Waals surface area contributed by atoms with Crippen LogP contribution in [0.1, 0.15) is 28.9 Å². The number of aromatic nitrogens is 2. The number of nitrogens with zero attached hydrogens (tertiary/aromatic N) is 3. The predicted molar refractivity (Wildman–Crippen MR) is 125 cm³/mol. The molecule has 1 unspecified atom stereocenters. The van der Waals surface area contributed by atoms with Crippen LogP contribution < -0.4 is 27.3 Å². The number of amides is 1. The first kappa shape index (κ1) is 36.2. The van der Waals surface area contributed by atoms with Gasteiger partial charge in [-0.2, -0.15) is 0 Å². The molecule has 182 valence electrons. The molecule has 0 aliphatic carbocycles. The summed E-state index contributed by atoms with van der Waals surface area (Å²) in [5.41, 5.74) is 17.8. The van der Waals surface area contributed by atoms with Crippen LogP contribution in [-0.2, 0) is 6.42 Å². The fraction of sp³-hybridized carbons (Fsp3) is 0.368. The number of hydrogen-bond acceptors (Lipinski definition) is 9. The minimum absolute atomic E-state index is 0. The molecule has 34 heavy (non-hydrogen) atoms. The number of nitrogens with two attached hydrogens (primary N) is 3. The molecule has 11 nitrogen and oxygen atoms in total. The Kier molecular flexibility index (Phi) is 20.4. The molecular weight excluding hydrogens is 915 g/mol. The van der Waals surface area contributed by atoms with Crippen LogP contribution in [0.3, 0.4) is 0 Å². The number of benzene rings is 1. The molecule has 0 spiro atoms. The molecule has 1 atom stereocenters. The van der Waals surface area contributed by atoms with E-state index in [1.165, 1.54) is 0 Å². The van der Waals surface area contributed by atoms with Crippen molar-refractivity contribution in [3.63, 3.8) is 0 Å². The zero-order valence-corrected chi connectivity index (χ0v) is 29.4. The first-order valence-electron chi connectivity index (χ1n) is 9.50. The molecule has 0 saturated carbocycles. The van der Waals surface area contributed by atoms with E-state index < -0.39 is 12.0 Å². The number of nitrogen functional groups attached to an aromatic ring is 2. The molecule has 1 aromatic carbocycles. The van der Waals surface area contributed by atoms with Gasteiger partial charge in [-0.3, -0.25) is 15.1 Å². The molecule has 15 heteroatoms. The number of carbonyl (C=O) groups is 1. The quantitative estimate of drug-likeness (QED) is 0.112. The monoisotopic (exact) mass is 941 g/mol. The third kappa shape index (κ3) is 12.8. The van der Waals surface area contributed by atoms with Gasteiger partial charge < -0.3 is 32.2 Å². The van der Waals surface area contributed by atoms with E-state index in [0.29, 0.717) is 12.3 Å². The zero-order valence-electron chi connectivity index (χ0n) is 18.4. The number of ether oxygens (including phenoxy) is 1. The molecule has 0 aliphatic rings. The van der Waals surface area contributed by atoms with Gasteiger partial charge in [0.25, 0.3) is 5.91 Å². The number of anilines is 2. The van der Waals surface area contributed by atoms with Crippen LogP contribution >= 0.6 is 24.0 Å². The molecule has 1 aromatic heterocycles. The largest absolute Gasteiger partial charge is 0.491 e. The Balaban J connectivity index is 0. The van der Waals surface area contributed by atoms with Gasteiger partial charge in [0.15, 0.2) is 28.4 Å². The van der Waals surface area contributed by atoms with E-state index in [-0.39, 0.29) is 142 Å². The topological polar surface area (TPSA) is 195 Å². The van der Waals surface area contributed by atoms with E-state index in [4.69, 9.17) is 38.6 Å². The molecule has 0 saturated heterocycles. The van der Waals surface area contributed by atoms with E-state index >= 15 is 0 Å². The second kappa shape index (κ2) is 19.2. The van der Waals surface area contributed by atoms with E-state index in [1.54, 1.807) is 0 Å². The van der Waals surface area contributed by atoms with Crippen molar-refractivity contribution in [1.29, 1.82) is 0 Å². The van der Waals surface area contributed by atoms with E-state index in [2.05, 4.69) is 20.3 Å². The van der Waals surface area contributed by atoms with Crippen LogP contribution in [0.15, 0.2) is 29.3 Å². The molecule has 9 N–H and O–H groups in total. The van der Waals surface area contributed by atoms with Crippen molar-refractivity contribution in [2.75, 3.05) is 31.2 Å². The maximum atomic E-state index is 12.2. The van der Waals surface area contributed by atoms with Crippen molar-refractivity contribution in [2.45, 2.75) is 25.4 Å². The Morgan fingerprint density at radius 3 is 2.41 bits per heavy atom. The standard InChI is InChI=1S/C19H26ClN7O4.2Ac.ClH/c20-15-17(22)26-16(21)14(25-15)18(30)27-19(23)24-8-2-1-3-11-4-6-13(7-5-11)31-10-12(29)9-28;;;/h4-7,12,28-29H,1-3,8-10H2,(H4,21,22,26)(H3,23,24,27,30);;;1H. The number of nitrogens with one attached hydrogen (secondary N) is 1. The van der Waals surface area contributed by atoms with Gasteiger partial charge in [0, 0.05) is 94.7 Å². The molecule has 0 bridgehead atoms. The summed E-state index contributed by atoms with van der Waals surface area (Å²) >= 11 is 5.76. The summed E-state index contributed by atoms with van der Waals surface area (Å²) in [5.74, 6) is -0.349. The number of halogens is 2. The fourth-order valence-electron chi connectivity index (χ4n) is 2.46. The van der Waals surface area contributed by atoms with Crippen LogP contribution in [0.4, 0.5) is 11.6 Å². The van der Waals surface area contributed by atoms with Gasteiger partial charge in [0.05, 0.1) is 6.61 Å². The molecule has 2 aromatic rings. The van der Waals surface area contributed by atoms with Gasteiger partial charge in [0.1, 0.15) is 18.5 Å². The van der Waals surface area contributed by atoms with Gasteiger partial charge in [-0.05, 0) is 37.0 Å². The number of hydrogen-bond donors (Lipinski definition) is 6. The maximum Gasteiger partial charge on any atom is 0.280 e. The average Bonchev–Trinajstić information content (AvgIpc) is 2.75. The molecule has 1 heterocycles. The molecule has 0 aliphatic heterocycles. The number of aryl methyl sites for hydroxylation is 1. The summed E-state index contributed by atoms with van der Waals surface area (Å²) in [6.45, 7) is 0.124. The van der Waals surface area contributed by atoms with Crippen molar-refractivity contribution in [3.05, 3.63) is 40.7 Å². The van der Waals surface area contributed by atoms with Crippen molar-refractivity contribution >= 4 is 47.5 Å². The zero-order chi connectivity index (χ0) is 22.8. The number of aliphatic imine (C=N–C) groups is 1. The van der Waals surface area contributed by atoms with Crippen LogP contribution in [0.25, 0.3) is 0 Å². The summed E-state index contributed by atoms with van der Waals surface area (Å²) in [7, 11) is 0. The Morgan fingerprint density at radius 1 is 1.15 bits per heavy atom. The van der Waals surface area contributed by atoms with Crippen molar-refractivity contribution in [3.8, 4) is 5.75 Å². The van der Waals surface area contributed by atoms with Crippen LogP contribution in [-0.4, -0.2) is 57.9 Å². The number of guanidine groups is 1. The second-order valence-corrected chi connectivity index (χ2v) is 6.96. The van der Waals surface area contributed by atoms with Gasteiger partial charge in [-0.1, -0.05) is 23.7 Å². The minimum Gasteiger partial charge on any atom is -0.491 e. The van der Waals surface area contributed by atoms with Crippen LogP contribution in [0, 0.1) is 88.1 Å². The molecule has 1 amide bonds. The smallest absolute Gasteiger partial charge is 0.280 e. The Bertz CT molecular complexity index is 924. The van der Waals surface area contributed by atoms with E-state index in [9.17, 15) is 9.90 Å². The van der Waals surface area contributed by atoms with Gasteiger partial charge in [0.2, 0.25) is 0 Å². The number of aliphatic hydroxyl groups excluding tert-OH is 2. The summed E-state index contributed by atoms with van der Waals surface area (Å²) in [6.07, 6.45) is 1.55. The Hall–Kier alpha value is 0.0231. The maximum absolute atomic E-state index is 12.2. The van der Waals surface area contributed by atoms with E-state index in [0.717, 1.165) is 24.8 Å². The number of unbranched alkanes of at least 4 members (excludes halogenated alkanes) is 1. The SMILES string of the molecule is Cl.NC(=NCCCCc1ccc(OCC(O)CO)cc1)NC(=O)c1nc(Cl)c(N)nc1N.[Ac].[Ac]. The third-order valence-electron chi connectivity index (χ3n) is 4.09. The minimum atomic E-state index is -0.896. The van der Waals surface area contributed by atoms with Crippen molar-refractivity contribution in [1.82, 2.24) is 15.3 Å². The van der Waals surface area contributed by atoms with Gasteiger partial charge in [-0.15, -0.1) is 12.4 Å². The summed E-state index contributed by atoms with van der Waals surface area (Å²) in [6, 6.07) is 7.48. The fourth-order valence-corrected chi connectivity index (χ4v) is 2.59. The van der Waals surface area contributed by atoms with E-state index in [1.807, 2.05) is 24.3 Å². The molecule has 0 fully saturated rings. The van der Waals surface area contributed by atoms with Gasteiger partial charge >= 0.3 is 0 Å². The predicted octanol–water partition coefficient (Wildman–Crippen LogP) is 0.516.